The third-order valence-electron chi connectivity index (χ3n) is 3.53. The van der Waals surface area contributed by atoms with Crippen LogP contribution < -0.4 is 16.2 Å². The largest absolute Gasteiger partial charge is 0.325 e. The molecule has 3 N–H and O–H groups in total. The van der Waals surface area contributed by atoms with Crippen LogP contribution in [0.2, 0.25) is 5.02 Å². The van der Waals surface area contributed by atoms with E-state index in [0.29, 0.717) is 15.9 Å². The number of nitrogens with one attached hydrogen (secondary N) is 3. The van der Waals surface area contributed by atoms with Crippen molar-refractivity contribution >= 4 is 46.7 Å². The Morgan fingerprint density at radius 1 is 1.42 bits per heavy atom. The first-order valence-electron chi connectivity index (χ1n) is 7.02. The SMILES string of the molecule is CSc1nc2c(c(=O)[nH]1)C(C(=O)Nc1cccc(Cl)c1)CC(=O)N2. The van der Waals surface area contributed by atoms with E-state index in [4.69, 9.17) is 11.6 Å². The fraction of sp³-hybridized carbons (Fsp3) is 0.200. The zero-order chi connectivity index (χ0) is 17.3. The Hall–Kier alpha value is -2.32. The van der Waals surface area contributed by atoms with Crippen LogP contribution in [0.4, 0.5) is 11.5 Å². The topological polar surface area (TPSA) is 104 Å². The molecule has 1 aliphatic heterocycles. The van der Waals surface area contributed by atoms with Gasteiger partial charge in [-0.05, 0) is 24.5 Å². The van der Waals surface area contributed by atoms with Gasteiger partial charge in [-0.3, -0.25) is 14.4 Å². The Balaban J connectivity index is 1.96. The molecule has 3 rings (SSSR count). The van der Waals surface area contributed by atoms with Crippen molar-refractivity contribution in [2.45, 2.75) is 17.5 Å². The summed E-state index contributed by atoms with van der Waals surface area (Å²) in [6.07, 6.45) is 1.63. The predicted octanol–water partition coefficient (Wildman–Crippen LogP) is 2.21. The monoisotopic (exact) mass is 364 g/mol. The molecule has 0 saturated carbocycles. The first kappa shape index (κ1) is 16.5. The lowest BCUT2D eigenvalue weighted by atomic mass is 9.92. The molecular weight excluding hydrogens is 352 g/mol. The van der Waals surface area contributed by atoms with Crippen molar-refractivity contribution in [2.75, 3.05) is 16.9 Å². The number of amides is 2. The first-order chi connectivity index (χ1) is 11.5. The number of aromatic amines is 1. The second-order valence-corrected chi connectivity index (χ2v) is 6.37. The van der Waals surface area contributed by atoms with Crippen LogP contribution in [0.5, 0.6) is 0 Å². The molecule has 0 bridgehead atoms. The van der Waals surface area contributed by atoms with Crippen molar-refractivity contribution in [3.05, 3.63) is 45.2 Å². The smallest absolute Gasteiger partial charge is 0.257 e. The summed E-state index contributed by atoms with van der Waals surface area (Å²) in [5.41, 5.74) is 0.215. The maximum atomic E-state index is 12.6. The number of anilines is 2. The van der Waals surface area contributed by atoms with Gasteiger partial charge in [-0.2, -0.15) is 0 Å². The number of thioether (sulfide) groups is 1. The minimum absolute atomic E-state index is 0.122. The van der Waals surface area contributed by atoms with Gasteiger partial charge in [-0.1, -0.05) is 29.4 Å². The summed E-state index contributed by atoms with van der Waals surface area (Å²) in [4.78, 5) is 43.5. The van der Waals surface area contributed by atoms with E-state index in [1.165, 1.54) is 11.8 Å². The van der Waals surface area contributed by atoms with Crippen LogP contribution in [0.3, 0.4) is 0 Å². The lowest BCUT2D eigenvalue weighted by Crippen LogP contribution is -2.36. The average Bonchev–Trinajstić information content (AvgIpc) is 2.53. The van der Waals surface area contributed by atoms with E-state index in [1.807, 2.05) is 0 Å². The second-order valence-electron chi connectivity index (χ2n) is 5.14. The fourth-order valence-electron chi connectivity index (χ4n) is 2.47. The summed E-state index contributed by atoms with van der Waals surface area (Å²) in [6.45, 7) is 0. The quantitative estimate of drug-likeness (QED) is 0.572. The Labute approximate surface area is 146 Å². The number of aromatic nitrogens is 2. The van der Waals surface area contributed by atoms with Gasteiger partial charge in [-0.25, -0.2) is 4.98 Å². The van der Waals surface area contributed by atoms with Gasteiger partial charge in [-0.15, -0.1) is 0 Å². The van der Waals surface area contributed by atoms with Gasteiger partial charge in [0.15, 0.2) is 5.16 Å². The molecule has 0 radical (unpaired) electrons. The average molecular weight is 365 g/mol. The number of carbonyl (C=O) groups is 2. The number of carbonyl (C=O) groups excluding carboxylic acids is 2. The van der Waals surface area contributed by atoms with Crippen LogP contribution in [0, 0.1) is 0 Å². The Bertz CT molecular complexity index is 883. The molecule has 2 heterocycles. The minimum Gasteiger partial charge on any atom is -0.325 e. The summed E-state index contributed by atoms with van der Waals surface area (Å²) in [5, 5.41) is 6.07. The van der Waals surface area contributed by atoms with Gasteiger partial charge < -0.3 is 15.6 Å². The van der Waals surface area contributed by atoms with Crippen molar-refractivity contribution < 1.29 is 9.59 Å². The molecule has 7 nitrogen and oxygen atoms in total. The highest BCUT2D eigenvalue weighted by Crippen LogP contribution is 2.30. The third-order valence-corrected chi connectivity index (χ3v) is 4.35. The lowest BCUT2D eigenvalue weighted by molar-refractivity contribution is -0.123. The van der Waals surface area contributed by atoms with E-state index < -0.39 is 17.4 Å². The van der Waals surface area contributed by atoms with E-state index in [-0.39, 0.29) is 23.7 Å². The highest BCUT2D eigenvalue weighted by atomic mass is 35.5. The van der Waals surface area contributed by atoms with Crippen molar-refractivity contribution in [2.24, 2.45) is 0 Å². The highest BCUT2D eigenvalue weighted by molar-refractivity contribution is 7.98. The molecule has 2 amide bonds. The molecule has 0 fully saturated rings. The van der Waals surface area contributed by atoms with Crippen molar-refractivity contribution in [3.63, 3.8) is 0 Å². The zero-order valence-electron chi connectivity index (χ0n) is 12.6. The zero-order valence-corrected chi connectivity index (χ0v) is 14.1. The van der Waals surface area contributed by atoms with Gasteiger partial charge in [0.1, 0.15) is 5.82 Å². The molecule has 9 heteroatoms. The normalized spacial score (nSPS) is 16.2. The summed E-state index contributed by atoms with van der Waals surface area (Å²) in [7, 11) is 0. The molecular formula is C15H13ClN4O3S. The second kappa shape index (κ2) is 6.66. The fourth-order valence-corrected chi connectivity index (χ4v) is 3.03. The number of nitrogens with zero attached hydrogens (tertiary/aromatic N) is 1. The van der Waals surface area contributed by atoms with Gasteiger partial charge in [0.05, 0.1) is 11.5 Å². The number of H-pyrrole nitrogens is 1. The van der Waals surface area contributed by atoms with Gasteiger partial charge in [0.2, 0.25) is 11.8 Å². The van der Waals surface area contributed by atoms with Crippen molar-refractivity contribution in [1.82, 2.24) is 9.97 Å². The molecule has 2 aromatic rings. The third kappa shape index (κ3) is 3.29. The van der Waals surface area contributed by atoms with Crippen LogP contribution in [0.25, 0.3) is 0 Å². The molecule has 1 atom stereocenters. The summed E-state index contributed by atoms with van der Waals surface area (Å²) in [5.74, 6) is -1.61. The van der Waals surface area contributed by atoms with Crippen molar-refractivity contribution in [1.29, 1.82) is 0 Å². The van der Waals surface area contributed by atoms with Crippen LogP contribution in [0.1, 0.15) is 17.9 Å². The number of hydrogen-bond donors (Lipinski definition) is 3. The molecule has 1 unspecified atom stereocenters. The molecule has 1 aromatic heterocycles. The molecule has 0 spiro atoms. The number of hydrogen-bond acceptors (Lipinski definition) is 5. The van der Waals surface area contributed by atoms with E-state index in [1.54, 1.807) is 30.5 Å². The summed E-state index contributed by atoms with van der Waals surface area (Å²) in [6, 6.07) is 6.63. The number of benzene rings is 1. The number of halogens is 1. The standard InChI is InChI=1S/C15H13ClN4O3S/c1-24-15-19-12-11(14(23)20-15)9(6-10(21)18-12)13(22)17-8-4-2-3-7(16)5-8/h2-5,9H,6H2,1H3,(H,17,22)(H2,18,19,20,21,23). The Morgan fingerprint density at radius 3 is 2.92 bits per heavy atom. The molecule has 1 aromatic carbocycles. The first-order valence-corrected chi connectivity index (χ1v) is 8.62. The highest BCUT2D eigenvalue weighted by Gasteiger charge is 2.34. The van der Waals surface area contributed by atoms with Crippen LogP contribution in [-0.4, -0.2) is 28.0 Å². The number of rotatable bonds is 3. The summed E-state index contributed by atoms with van der Waals surface area (Å²) >= 11 is 7.13. The van der Waals surface area contributed by atoms with Crippen LogP contribution in [0.15, 0.2) is 34.2 Å². The minimum atomic E-state index is -0.917. The molecule has 124 valence electrons. The van der Waals surface area contributed by atoms with Crippen LogP contribution in [-0.2, 0) is 9.59 Å². The lowest BCUT2D eigenvalue weighted by Gasteiger charge is -2.23. The van der Waals surface area contributed by atoms with E-state index in [0.717, 1.165) is 0 Å². The maximum Gasteiger partial charge on any atom is 0.257 e. The molecule has 1 aliphatic rings. The molecule has 24 heavy (non-hydrogen) atoms. The predicted molar refractivity (Wildman–Crippen MR) is 92.7 cm³/mol. The van der Waals surface area contributed by atoms with Gasteiger partial charge in [0.25, 0.3) is 5.56 Å². The maximum absolute atomic E-state index is 12.6. The van der Waals surface area contributed by atoms with E-state index in [9.17, 15) is 14.4 Å². The Kier molecular flexibility index (Phi) is 4.59. The van der Waals surface area contributed by atoms with Crippen molar-refractivity contribution in [3.8, 4) is 0 Å². The number of fused-ring (bicyclic) bond motifs is 1. The van der Waals surface area contributed by atoms with Crippen LogP contribution >= 0.6 is 23.4 Å². The molecule has 0 saturated heterocycles. The molecule has 0 aliphatic carbocycles. The van der Waals surface area contributed by atoms with E-state index in [2.05, 4.69) is 20.6 Å². The Morgan fingerprint density at radius 2 is 2.21 bits per heavy atom. The van der Waals surface area contributed by atoms with E-state index >= 15 is 0 Å². The van der Waals surface area contributed by atoms with Gasteiger partial charge >= 0.3 is 0 Å². The van der Waals surface area contributed by atoms with Gasteiger partial charge in [0, 0.05) is 17.1 Å². The summed E-state index contributed by atoms with van der Waals surface area (Å²) < 4.78 is 0.